The lowest BCUT2D eigenvalue weighted by Gasteiger charge is -2.21. The summed E-state index contributed by atoms with van der Waals surface area (Å²) in [5.74, 6) is 0.788. The van der Waals surface area contributed by atoms with Gasteiger partial charge >= 0.3 is 5.97 Å². The molecule has 1 unspecified atom stereocenters. The van der Waals surface area contributed by atoms with Crippen molar-refractivity contribution in [1.82, 2.24) is 15.2 Å². The number of nitrogens with zero attached hydrogens (tertiary/aromatic N) is 3. The van der Waals surface area contributed by atoms with Gasteiger partial charge in [-0.1, -0.05) is 19.3 Å². The third-order valence-electron chi connectivity index (χ3n) is 4.39. The zero-order valence-electron chi connectivity index (χ0n) is 18.4. The Bertz CT molecular complexity index is 598. The van der Waals surface area contributed by atoms with E-state index in [1.165, 1.54) is 0 Å². The summed E-state index contributed by atoms with van der Waals surface area (Å²) in [6, 6.07) is 0. The van der Waals surface area contributed by atoms with Crippen LogP contribution in [0.1, 0.15) is 69.2 Å². The summed E-state index contributed by atoms with van der Waals surface area (Å²) in [5, 5.41) is 6.48. The van der Waals surface area contributed by atoms with Crippen molar-refractivity contribution in [2.24, 2.45) is 4.99 Å². The first-order chi connectivity index (χ1) is 13.5. The molecule has 0 bridgehead atoms. The molecule has 0 fully saturated rings. The lowest BCUT2D eigenvalue weighted by Crippen LogP contribution is -2.38. The van der Waals surface area contributed by atoms with Crippen LogP contribution in [0.4, 0.5) is 0 Å². The molecule has 1 aromatic heterocycles. The van der Waals surface area contributed by atoms with E-state index in [9.17, 15) is 4.79 Å². The molecule has 168 valence electrons. The van der Waals surface area contributed by atoms with Crippen LogP contribution in [0.25, 0.3) is 0 Å². The van der Waals surface area contributed by atoms with Gasteiger partial charge in [0.2, 0.25) is 0 Å². The van der Waals surface area contributed by atoms with E-state index in [1.807, 2.05) is 20.9 Å². The van der Waals surface area contributed by atoms with E-state index in [1.54, 1.807) is 25.5 Å². The van der Waals surface area contributed by atoms with Crippen LogP contribution in [0.5, 0.6) is 0 Å². The quantitative estimate of drug-likeness (QED) is 0.132. The number of methoxy groups -OCH3 is 1. The summed E-state index contributed by atoms with van der Waals surface area (Å²) in [7, 11) is 5.52. The van der Waals surface area contributed by atoms with Crippen LogP contribution in [-0.2, 0) is 20.8 Å². The lowest BCUT2D eigenvalue weighted by atomic mass is 10.1. The minimum Gasteiger partial charge on any atom is -0.466 e. The molecule has 1 N–H and O–H groups in total. The van der Waals surface area contributed by atoms with E-state index in [0.29, 0.717) is 19.6 Å². The summed E-state index contributed by atoms with van der Waals surface area (Å²) in [5.41, 5.74) is 1.02. The number of esters is 1. The van der Waals surface area contributed by atoms with E-state index in [4.69, 9.17) is 9.47 Å². The molecular formula is C20H37IN4O3S. The van der Waals surface area contributed by atoms with Gasteiger partial charge in [0.25, 0.3) is 0 Å². The van der Waals surface area contributed by atoms with Crippen molar-refractivity contribution in [3.05, 3.63) is 16.1 Å². The number of carbonyl (C=O) groups is 1. The number of hydrogen-bond donors (Lipinski definition) is 1. The maximum absolute atomic E-state index is 11.3. The molecule has 1 aromatic rings. The molecule has 0 aliphatic rings. The average Bonchev–Trinajstić information content (AvgIpc) is 3.14. The number of ether oxygens (including phenoxy) is 2. The number of guanidine groups is 1. The van der Waals surface area contributed by atoms with Crippen molar-refractivity contribution in [3.8, 4) is 0 Å². The molecule has 9 heteroatoms. The summed E-state index contributed by atoms with van der Waals surface area (Å²) in [4.78, 5) is 22.3. The summed E-state index contributed by atoms with van der Waals surface area (Å²) >= 11 is 1.63. The minimum atomic E-state index is -0.0834. The number of aliphatic imine (C=N–C) groups is 1. The van der Waals surface area contributed by atoms with E-state index in [2.05, 4.69) is 25.6 Å². The summed E-state index contributed by atoms with van der Waals surface area (Å²) < 4.78 is 10.3. The van der Waals surface area contributed by atoms with Crippen LogP contribution in [0.2, 0.25) is 0 Å². The van der Waals surface area contributed by atoms with Crippen LogP contribution in [-0.4, -0.2) is 56.2 Å². The van der Waals surface area contributed by atoms with E-state index in [-0.39, 0.29) is 36.0 Å². The highest BCUT2D eigenvalue weighted by Crippen LogP contribution is 2.20. The summed E-state index contributed by atoms with van der Waals surface area (Å²) in [6.07, 6.45) is 5.89. The normalized spacial score (nSPS) is 12.2. The second-order valence-electron chi connectivity index (χ2n) is 6.71. The Balaban J connectivity index is 0.00000784. The molecule has 0 amide bonds. The maximum Gasteiger partial charge on any atom is 0.305 e. The molecule has 0 saturated heterocycles. The molecule has 1 rings (SSSR count). The fourth-order valence-corrected chi connectivity index (χ4v) is 3.59. The average molecular weight is 541 g/mol. The Morgan fingerprint density at radius 3 is 2.66 bits per heavy atom. The Labute approximate surface area is 196 Å². The predicted molar refractivity (Wildman–Crippen MR) is 130 cm³/mol. The van der Waals surface area contributed by atoms with Crippen molar-refractivity contribution < 1.29 is 14.3 Å². The summed E-state index contributed by atoms with van der Waals surface area (Å²) in [6.45, 7) is 5.91. The van der Waals surface area contributed by atoms with Gasteiger partial charge in [-0.3, -0.25) is 9.79 Å². The molecule has 0 saturated carbocycles. The number of halogens is 1. The lowest BCUT2D eigenvalue weighted by molar-refractivity contribution is -0.143. The Hall–Kier alpha value is -0.940. The number of nitrogens with one attached hydrogen (secondary N) is 1. The predicted octanol–water partition coefficient (Wildman–Crippen LogP) is 4.38. The zero-order chi connectivity index (χ0) is 20.8. The van der Waals surface area contributed by atoms with Crippen LogP contribution in [0.3, 0.4) is 0 Å². The second kappa shape index (κ2) is 16.8. The smallest absolute Gasteiger partial charge is 0.305 e. The minimum absolute atomic E-state index is 0. The molecule has 0 aromatic carbocycles. The molecule has 0 spiro atoms. The topological polar surface area (TPSA) is 76.0 Å². The van der Waals surface area contributed by atoms with E-state index < -0.39 is 0 Å². The van der Waals surface area contributed by atoms with Gasteiger partial charge in [-0.05, 0) is 26.7 Å². The van der Waals surface area contributed by atoms with Crippen LogP contribution in [0, 0.1) is 0 Å². The number of thiazole rings is 1. The highest BCUT2D eigenvalue weighted by molar-refractivity contribution is 14.0. The standard InChI is InChI=1S/C20H36N4O3S.HI/c1-6-27-18(25)12-10-8-7-9-11-13-22-20(21-3)24(4)14-17-15-28-19(23-17)16(2)26-5;/h15-16H,6-14H2,1-5H3,(H,21,22);1H. The fourth-order valence-electron chi connectivity index (χ4n) is 2.74. The SMILES string of the molecule is CCOC(=O)CCCCCCCNC(=NC)N(C)Cc1csc(C(C)OC)n1.I. The van der Waals surface area contributed by atoms with E-state index >= 15 is 0 Å². The first kappa shape index (κ1) is 28.1. The third-order valence-corrected chi connectivity index (χ3v) is 5.44. The van der Waals surface area contributed by atoms with Gasteiger partial charge in [-0.25, -0.2) is 4.98 Å². The van der Waals surface area contributed by atoms with Crippen molar-refractivity contribution in [3.63, 3.8) is 0 Å². The fraction of sp³-hybridized carbons (Fsp3) is 0.750. The van der Waals surface area contributed by atoms with Gasteiger partial charge in [-0.2, -0.15) is 0 Å². The molecule has 0 aliphatic heterocycles. The third kappa shape index (κ3) is 11.7. The molecular weight excluding hydrogens is 503 g/mol. The second-order valence-corrected chi connectivity index (χ2v) is 7.60. The van der Waals surface area contributed by atoms with E-state index in [0.717, 1.165) is 55.3 Å². The molecule has 1 heterocycles. The number of carbonyl (C=O) groups excluding carboxylic acids is 1. The van der Waals surface area contributed by atoms with Gasteiger partial charge in [0.15, 0.2) is 5.96 Å². The number of hydrogen-bond acceptors (Lipinski definition) is 6. The molecule has 29 heavy (non-hydrogen) atoms. The number of unbranched alkanes of at least 4 members (excludes halogenated alkanes) is 4. The highest BCUT2D eigenvalue weighted by Gasteiger charge is 2.12. The molecule has 0 radical (unpaired) electrons. The zero-order valence-corrected chi connectivity index (χ0v) is 21.5. The Morgan fingerprint density at radius 1 is 1.31 bits per heavy atom. The van der Waals surface area contributed by atoms with Crippen molar-refractivity contribution in [1.29, 1.82) is 0 Å². The largest absolute Gasteiger partial charge is 0.466 e. The Kier molecular flexibility index (Phi) is 16.3. The molecule has 0 aliphatic carbocycles. The first-order valence-corrected chi connectivity index (χ1v) is 10.9. The van der Waals surface area contributed by atoms with Gasteiger partial charge in [0.05, 0.1) is 18.8 Å². The maximum atomic E-state index is 11.3. The van der Waals surface area contributed by atoms with Gasteiger partial charge in [0, 0.05) is 39.6 Å². The van der Waals surface area contributed by atoms with Gasteiger partial charge in [0.1, 0.15) is 11.1 Å². The first-order valence-electron chi connectivity index (χ1n) is 10.1. The van der Waals surface area contributed by atoms with Crippen molar-refractivity contribution in [2.75, 3.05) is 34.4 Å². The van der Waals surface area contributed by atoms with Gasteiger partial charge < -0.3 is 19.7 Å². The van der Waals surface area contributed by atoms with Crippen LogP contribution < -0.4 is 5.32 Å². The Morgan fingerprint density at radius 2 is 2.00 bits per heavy atom. The van der Waals surface area contributed by atoms with Crippen LogP contribution in [0.15, 0.2) is 10.4 Å². The number of aromatic nitrogens is 1. The molecule has 1 atom stereocenters. The monoisotopic (exact) mass is 540 g/mol. The molecule has 7 nitrogen and oxygen atoms in total. The van der Waals surface area contributed by atoms with Crippen LogP contribution >= 0.6 is 35.3 Å². The van der Waals surface area contributed by atoms with Crippen molar-refractivity contribution in [2.45, 2.75) is 65.0 Å². The number of rotatable bonds is 13. The van der Waals surface area contributed by atoms with Crippen molar-refractivity contribution >= 4 is 47.2 Å². The van der Waals surface area contributed by atoms with Gasteiger partial charge in [-0.15, -0.1) is 35.3 Å². The highest BCUT2D eigenvalue weighted by atomic mass is 127.